The largest absolute Gasteiger partial charge is 0.443 e. The lowest BCUT2D eigenvalue weighted by Crippen LogP contribution is -2.38. The number of rotatable bonds is 3. The number of fused-ring (bicyclic) bond motifs is 1. The molecule has 0 radical (unpaired) electrons. The van der Waals surface area contributed by atoms with Gasteiger partial charge >= 0.3 is 6.09 Å². The van der Waals surface area contributed by atoms with Crippen molar-refractivity contribution in [1.82, 2.24) is 9.97 Å². The summed E-state index contributed by atoms with van der Waals surface area (Å²) in [7, 11) is 0. The van der Waals surface area contributed by atoms with Crippen LogP contribution in [-0.4, -0.2) is 28.2 Å². The molecule has 1 aliphatic heterocycles. The van der Waals surface area contributed by atoms with Crippen LogP contribution in [-0.2, 0) is 23.0 Å². The fourth-order valence-corrected chi connectivity index (χ4v) is 3.31. The fraction of sp³-hybridized carbons (Fsp3) is 0.476. The second-order valence-corrected chi connectivity index (χ2v) is 8.55. The summed E-state index contributed by atoms with van der Waals surface area (Å²) in [4.78, 5) is 22.5. The molecule has 1 aromatic carbocycles. The molecule has 5 heteroatoms. The van der Waals surface area contributed by atoms with Crippen molar-refractivity contribution in [2.24, 2.45) is 0 Å². The molecule has 0 N–H and O–H groups in total. The van der Waals surface area contributed by atoms with Gasteiger partial charge in [0.25, 0.3) is 0 Å². The minimum atomic E-state index is -0.498. The van der Waals surface area contributed by atoms with Crippen LogP contribution in [0.2, 0.25) is 0 Å². The second kappa shape index (κ2) is 6.71. The van der Waals surface area contributed by atoms with Crippen molar-refractivity contribution < 1.29 is 9.53 Å². The Hall–Kier alpha value is -2.43. The van der Waals surface area contributed by atoms with E-state index >= 15 is 0 Å². The van der Waals surface area contributed by atoms with Crippen molar-refractivity contribution in [3.63, 3.8) is 0 Å². The summed E-state index contributed by atoms with van der Waals surface area (Å²) in [6, 6.07) is 6.37. The molecule has 5 nitrogen and oxygen atoms in total. The lowest BCUT2D eigenvalue weighted by molar-refractivity contribution is 0.0579. The molecule has 0 spiro atoms. The van der Waals surface area contributed by atoms with E-state index in [0.717, 1.165) is 24.1 Å². The van der Waals surface area contributed by atoms with Crippen LogP contribution < -0.4 is 4.90 Å². The molecule has 1 aromatic heterocycles. The monoisotopic (exact) mass is 353 g/mol. The fourth-order valence-electron chi connectivity index (χ4n) is 3.31. The minimum absolute atomic E-state index is 0.0991. The van der Waals surface area contributed by atoms with E-state index in [0.29, 0.717) is 6.54 Å². The first kappa shape index (κ1) is 18.4. The van der Waals surface area contributed by atoms with Crippen molar-refractivity contribution in [1.29, 1.82) is 0 Å². The molecule has 3 rings (SSSR count). The lowest BCUT2D eigenvalue weighted by atomic mass is 9.85. The van der Waals surface area contributed by atoms with Crippen LogP contribution >= 0.6 is 0 Å². The van der Waals surface area contributed by atoms with Gasteiger partial charge in [-0.25, -0.2) is 14.8 Å². The highest BCUT2D eigenvalue weighted by Crippen LogP contribution is 2.41. The summed E-state index contributed by atoms with van der Waals surface area (Å²) in [5, 5.41) is 0. The van der Waals surface area contributed by atoms with Crippen LogP contribution in [0.25, 0.3) is 0 Å². The molecule has 0 bridgehead atoms. The molecule has 138 valence electrons. The number of anilines is 1. The van der Waals surface area contributed by atoms with E-state index in [1.54, 1.807) is 11.2 Å². The summed E-state index contributed by atoms with van der Waals surface area (Å²) in [6.07, 6.45) is 6.80. The number of ether oxygens (including phenoxy) is 1. The van der Waals surface area contributed by atoms with E-state index in [2.05, 4.69) is 35.9 Å². The number of amides is 1. The van der Waals surface area contributed by atoms with Gasteiger partial charge in [0.1, 0.15) is 11.9 Å². The Morgan fingerprint density at radius 3 is 2.46 bits per heavy atom. The molecule has 0 fully saturated rings. The van der Waals surface area contributed by atoms with Gasteiger partial charge in [-0.15, -0.1) is 0 Å². The zero-order valence-corrected chi connectivity index (χ0v) is 16.2. The Labute approximate surface area is 155 Å². The van der Waals surface area contributed by atoms with Gasteiger partial charge in [0.2, 0.25) is 0 Å². The van der Waals surface area contributed by atoms with Crippen LogP contribution in [0.15, 0.2) is 36.9 Å². The maximum Gasteiger partial charge on any atom is 0.414 e. The van der Waals surface area contributed by atoms with Crippen molar-refractivity contribution in [2.75, 3.05) is 11.4 Å². The summed E-state index contributed by atoms with van der Waals surface area (Å²) < 4.78 is 5.58. The Kier molecular flexibility index (Phi) is 4.74. The van der Waals surface area contributed by atoms with Crippen LogP contribution in [0, 0.1) is 0 Å². The number of carbonyl (C=O) groups excluding carboxylic acids is 1. The van der Waals surface area contributed by atoms with E-state index < -0.39 is 5.60 Å². The zero-order valence-electron chi connectivity index (χ0n) is 16.2. The van der Waals surface area contributed by atoms with Crippen LogP contribution in [0.4, 0.5) is 10.5 Å². The molecule has 0 saturated carbocycles. The molecule has 1 amide bonds. The second-order valence-electron chi connectivity index (χ2n) is 8.55. The van der Waals surface area contributed by atoms with Crippen molar-refractivity contribution >= 4 is 11.8 Å². The smallest absolute Gasteiger partial charge is 0.414 e. The first-order valence-electron chi connectivity index (χ1n) is 9.03. The van der Waals surface area contributed by atoms with Crippen LogP contribution in [0.3, 0.4) is 0 Å². The normalized spacial score (nSPS) is 15.7. The summed E-state index contributed by atoms with van der Waals surface area (Å²) in [5.74, 6) is 0. The molecule has 26 heavy (non-hydrogen) atoms. The summed E-state index contributed by atoms with van der Waals surface area (Å²) >= 11 is 0. The lowest BCUT2D eigenvalue weighted by Gasteiger charge is -2.25. The number of aromatic nitrogens is 2. The minimum Gasteiger partial charge on any atom is -0.443 e. The molecule has 0 aliphatic carbocycles. The number of hydrogen-bond acceptors (Lipinski definition) is 4. The highest BCUT2D eigenvalue weighted by Gasteiger charge is 2.39. The maximum atomic E-state index is 12.6. The Morgan fingerprint density at radius 2 is 1.81 bits per heavy atom. The van der Waals surface area contributed by atoms with Gasteiger partial charge in [-0.2, -0.15) is 0 Å². The van der Waals surface area contributed by atoms with E-state index in [4.69, 9.17) is 4.74 Å². The SMILES string of the molecule is CC(C)(C)OC(=O)N1CC(C)(C)c2cc(CCc3cncnc3)ccc21. The quantitative estimate of drug-likeness (QED) is 0.826. The average Bonchev–Trinajstić information content (AvgIpc) is 2.84. The number of nitrogens with zero attached hydrogens (tertiary/aromatic N) is 3. The zero-order chi connectivity index (χ0) is 18.9. The molecular formula is C21H27N3O2. The van der Waals surface area contributed by atoms with Crippen molar-refractivity contribution in [2.45, 2.75) is 58.5 Å². The first-order valence-corrected chi connectivity index (χ1v) is 9.03. The number of benzene rings is 1. The molecule has 0 unspecified atom stereocenters. The van der Waals surface area contributed by atoms with E-state index in [-0.39, 0.29) is 11.5 Å². The third-order valence-corrected chi connectivity index (χ3v) is 4.56. The number of hydrogen-bond donors (Lipinski definition) is 0. The van der Waals surface area contributed by atoms with Crippen molar-refractivity contribution in [3.05, 3.63) is 53.6 Å². The van der Waals surface area contributed by atoms with E-state index in [1.807, 2.05) is 39.2 Å². The van der Waals surface area contributed by atoms with Gasteiger partial charge in [0.15, 0.2) is 0 Å². The van der Waals surface area contributed by atoms with Gasteiger partial charge in [-0.1, -0.05) is 26.0 Å². The standard InChI is InChI=1S/C21H27N3O2/c1-20(2,3)26-19(25)24-13-21(4,5)17-10-15(8-9-18(17)24)6-7-16-11-22-14-23-12-16/h8-12,14H,6-7,13H2,1-5H3. The average molecular weight is 353 g/mol. The van der Waals surface area contributed by atoms with Gasteiger partial charge in [0, 0.05) is 24.4 Å². The molecule has 2 heterocycles. The highest BCUT2D eigenvalue weighted by atomic mass is 16.6. The molecule has 2 aromatic rings. The number of carbonyl (C=O) groups is 1. The van der Waals surface area contributed by atoms with E-state index in [1.165, 1.54) is 11.1 Å². The Morgan fingerprint density at radius 1 is 1.15 bits per heavy atom. The van der Waals surface area contributed by atoms with Gasteiger partial charge in [-0.05, 0) is 56.4 Å². The predicted molar refractivity (Wildman–Crippen MR) is 102 cm³/mol. The highest BCUT2D eigenvalue weighted by molar-refractivity contribution is 5.91. The molecule has 0 atom stereocenters. The van der Waals surface area contributed by atoms with Gasteiger partial charge < -0.3 is 4.74 Å². The van der Waals surface area contributed by atoms with Gasteiger partial charge in [0.05, 0.1) is 5.69 Å². The molecule has 1 aliphatic rings. The number of aryl methyl sites for hydroxylation is 2. The van der Waals surface area contributed by atoms with Crippen LogP contribution in [0.5, 0.6) is 0 Å². The third kappa shape index (κ3) is 4.03. The van der Waals surface area contributed by atoms with E-state index in [9.17, 15) is 4.79 Å². The molecule has 0 saturated heterocycles. The summed E-state index contributed by atoms with van der Waals surface area (Å²) in [5.41, 5.74) is 3.94. The van der Waals surface area contributed by atoms with Crippen molar-refractivity contribution in [3.8, 4) is 0 Å². The molecular weight excluding hydrogens is 326 g/mol. The first-order chi connectivity index (χ1) is 12.2. The summed E-state index contributed by atoms with van der Waals surface area (Å²) in [6.45, 7) is 10.7. The predicted octanol–water partition coefficient (Wildman–Crippen LogP) is 4.29. The topological polar surface area (TPSA) is 55.3 Å². The third-order valence-electron chi connectivity index (χ3n) is 4.56. The Bertz CT molecular complexity index is 795. The Balaban J connectivity index is 1.80. The van der Waals surface area contributed by atoms with Gasteiger partial charge in [-0.3, -0.25) is 4.90 Å². The van der Waals surface area contributed by atoms with Crippen LogP contribution in [0.1, 0.15) is 51.3 Å². The maximum absolute atomic E-state index is 12.6.